The van der Waals surface area contributed by atoms with E-state index in [0.717, 1.165) is 59.7 Å². The largest absolute Gasteiger partial charge is 0.412 e. The van der Waals surface area contributed by atoms with Crippen LogP contribution in [0.1, 0.15) is 54.4 Å². The molecule has 0 saturated carbocycles. The van der Waals surface area contributed by atoms with Gasteiger partial charge in [-0.15, -0.1) is 0 Å². The normalized spacial score (nSPS) is 12.4. The van der Waals surface area contributed by atoms with Crippen LogP contribution >= 0.6 is 35.0 Å². The highest BCUT2D eigenvalue weighted by atomic mass is 35.5. The molecule has 3 aromatic carbocycles. The Morgan fingerprint density at radius 1 is 0.778 bits per heavy atom. The second-order valence-corrected chi connectivity index (χ2v) is 11.0. The molecule has 0 heterocycles. The van der Waals surface area contributed by atoms with Crippen molar-refractivity contribution in [3.8, 4) is 0 Å². The maximum Gasteiger partial charge on any atom is 0.412 e. The summed E-state index contributed by atoms with van der Waals surface area (Å²) < 4.78 is 37.8. The van der Waals surface area contributed by atoms with Crippen molar-refractivity contribution in [2.45, 2.75) is 51.1 Å². The van der Waals surface area contributed by atoms with Crippen molar-refractivity contribution in [3.63, 3.8) is 0 Å². The highest BCUT2D eigenvalue weighted by molar-refractivity contribution is 7.99. The van der Waals surface area contributed by atoms with Gasteiger partial charge in [0.2, 0.25) is 0 Å². The predicted octanol–water partition coefficient (Wildman–Crippen LogP) is 10.3. The summed E-state index contributed by atoms with van der Waals surface area (Å²) in [4.78, 5) is 0. The van der Waals surface area contributed by atoms with Crippen LogP contribution in [0.15, 0.2) is 84.4 Å². The van der Waals surface area contributed by atoms with E-state index < -0.39 is 11.7 Å². The topological polar surface area (TPSA) is 0 Å². The summed E-state index contributed by atoms with van der Waals surface area (Å²) in [6.07, 6.45) is 1.52. The Bertz CT molecular complexity index is 1040. The number of halogens is 5. The molecule has 0 aliphatic heterocycles. The van der Waals surface area contributed by atoms with E-state index in [0.29, 0.717) is 12.3 Å². The molecule has 0 radical (unpaired) electrons. The van der Waals surface area contributed by atoms with E-state index in [2.05, 4.69) is 24.3 Å². The second-order valence-electron chi connectivity index (χ2n) is 8.92. The Labute approximate surface area is 226 Å². The molecule has 0 nitrogen and oxygen atoms in total. The van der Waals surface area contributed by atoms with Gasteiger partial charge in [0.25, 0.3) is 0 Å². The Balaban J connectivity index is 1.40. The van der Waals surface area contributed by atoms with Crippen molar-refractivity contribution in [1.82, 2.24) is 0 Å². The van der Waals surface area contributed by atoms with Gasteiger partial charge in [-0.25, -0.2) is 0 Å². The first-order chi connectivity index (χ1) is 17.2. The zero-order chi connectivity index (χ0) is 26.0. The van der Waals surface area contributed by atoms with E-state index in [-0.39, 0.29) is 0 Å². The van der Waals surface area contributed by atoms with Crippen molar-refractivity contribution < 1.29 is 13.2 Å². The highest BCUT2D eigenvalue weighted by Crippen LogP contribution is 2.31. The van der Waals surface area contributed by atoms with E-state index in [1.807, 2.05) is 60.3 Å². The van der Waals surface area contributed by atoms with E-state index >= 15 is 0 Å². The monoisotopic (exact) mass is 550 g/mol. The molecular weight excluding hydrogens is 520 g/mol. The molecule has 0 N–H and O–H groups in total. The second kappa shape index (κ2) is 14.2. The van der Waals surface area contributed by atoms with Crippen LogP contribution in [-0.4, -0.2) is 17.7 Å². The minimum Gasteiger partial charge on any atom is -0.167 e. The molecule has 192 valence electrons. The third kappa shape index (κ3) is 9.53. The summed E-state index contributed by atoms with van der Waals surface area (Å²) in [6.45, 7) is 1.11. The van der Waals surface area contributed by atoms with Crippen LogP contribution < -0.4 is 0 Å². The Hall–Kier alpha value is -1.88. The van der Waals surface area contributed by atoms with Crippen molar-refractivity contribution in [1.29, 1.82) is 0 Å². The van der Waals surface area contributed by atoms with Crippen molar-refractivity contribution in [2.75, 3.05) is 11.5 Å². The highest BCUT2D eigenvalue weighted by Gasteiger charge is 2.29. The molecule has 0 aliphatic rings. The molecule has 3 aromatic rings. The molecule has 0 atom stereocenters. The van der Waals surface area contributed by atoms with Gasteiger partial charge in [0.1, 0.15) is 0 Å². The molecule has 36 heavy (non-hydrogen) atoms. The average molecular weight is 552 g/mol. The lowest BCUT2D eigenvalue weighted by molar-refractivity contribution is -0.0915. The van der Waals surface area contributed by atoms with Crippen LogP contribution in [0.3, 0.4) is 0 Å². The summed E-state index contributed by atoms with van der Waals surface area (Å²) in [5.41, 5.74) is 4.10. The lowest BCUT2D eigenvalue weighted by Gasteiger charge is -2.18. The van der Waals surface area contributed by atoms with Gasteiger partial charge in [0.05, 0.1) is 0 Å². The Kier molecular flexibility index (Phi) is 11.3. The number of alkyl halides is 3. The smallest absolute Gasteiger partial charge is 0.167 e. The number of rotatable bonds is 12. The first-order valence-corrected chi connectivity index (χ1v) is 14.0. The van der Waals surface area contributed by atoms with Crippen LogP contribution in [0, 0.1) is 0 Å². The lowest BCUT2D eigenvalue weighted by Crippen LogP contribution is -2.09. The molecule has 0 saturated heterocycles. The van der Waals surface area contributed by atoms with Gasteiger partial charge in [0, 0.05) is 21.5 Å². The maximum absolute atomic E-state index is 12.6. The number of benzene rings is 3. The summed E-state index contributed by atoms with van der Waals surface area (Å²) in [7, 11) is 0. The van der Waals surface area contributed by atoms with Crippen LogP contribution in [0.25, 0.3) is 0 Å². The molecule has 6 heteroatoms. The van der Waals surface area contributed by atoms with Gasteiger partial charge >= 0.3 is 6.18 Å². The van der Waals surface area contributed by atoms with Gasteiger partial charge in [-0.05, 0) is 97.1 Å². The van der Waals surface area contributed by atoms with E-state index in [1.54, 1.807) is 0 Å². The molecule has 0 bridgehead atoms. The summed E-state index contributed by atoms with van der Waals surface area (Å²) in [6, 6.07) is 24.1. The first kappa shape index (κ1) is 28.7. The fraction of sp³-hybridized carbons (Fsp3) is 0.333. The van der Waals surface area contributed by atoms with E-state index in [1.165, 1.54) is 22.8 Å². The molecule has 0 aliphatic carbocycles. The van der Waals surface area contributed by atoms with Crippen LogP contribution in [-0.2, 0) is 12.8 Å². The zero-order valence-corrected chi connectivity index (χ0v) is 22.7. The minimum atomic E-state index is -4.25. The fourth-order valence-electron chi connectivity index (χ4n) is 4.01. The Morgan fingerprint density at radius 2 is 1.28 bits per heavy atom. The average Bonchev–Trinajstić information content (AvgIpc) is 2.86. The van der Waals surface area contributed by atoms with Crippen LogP contribution in [0.2, 0.25) is 10.0 Å². The molecular formula is C30H31Cl2F3S. The molecule has 0 amide bonds. The third-order valence-electron chi connectivity index (χ3n) is 6.19. The standard InChI is InChI=1S/C30H31Cl2F3S/c1-22(30(33,34)35)6-7-24-10-8-23(9-11-24)4-2-20-36-21-3-5-29(25-12-16-27(31)17-13-25)26-14-18-28(32)19-15-26/h6,8-19,29H,2-5,7,20-21H2,1H3/b22-6+. The number of allylic oxidation sites excluding steroid dienone is 2. The molecule has 0 aromatic heterocycles. The van der Waals surface area contributed by atoms with Gasteiger partial charge in [0.15, 0.2) is 0 Å². The summed E-state index contributed by atoms with van der Waals surface area (Å²) in [5.74, 6) is 2.50. The molecule has 0 spiro atoms. The molecule has 0 unspecified atom stereocenters. The molecule has 3 rings (SSSR count). The Morgan fingerprint density at radius 3 is 1.81 bits per heavy atom. The van der Waals surface area contributed by atoms with Crippen molar-refractivity contribution >= 4 is 35.0 Å². The fourth-order valence-corrected chi connectivity index (χ4v) is 5.19. The first-order valence-electron chi connectivity index (χ1n) is 12.1. The molecule has 0 fully saturated rings. The summed E-state index contributed by atoms with van der Waals surface area (Å²) in [5, 5.41) is 1.49. The SMILES string of the molecule is C/C(=C\Cc1ccc(CCCSCCCC(c2ccc(Cl)cc2)c2ccc(Cl)cc2)cc1)C(F)(F)F. The third-order valence-corrected chi connectivity index (χ3v) is 7.85. The van der Waals surface area contributed by atoms with Crippen molar-refractivity contribution in [2.24, 2.45) is 0 Å². The maximum atomic E-state index is 12.6. The number of thioether (sulfide) groups is 1. The summed E-state index contributed by atoms with van der Waals surface area (Å²) >= 11 is 14.2. The quantitative estimate of drug-likeness (QED) is 0.159. The van der Waals surface area contributed by atoms with Gasteiger partial charge < -0.3 is 0 Å². The predicted molar refractivity (Wildman–Crippen MR) is 150 cm³/mol. The van der Waals surface area contributed by atoms with Gasteiger partial charge in [-0.1, -0.05) is 77.8 Å². The van der Waals surface area contributed by atoms with Crippen molar-refractivity contribution in [3.05, 3.63) is 117 Å². The van der Waals surface area contributed by atoms with Crippen LogP contribution in [0.5, 0.6) is 0 Å². The number of hydrogen-bond acceptors (Lipinski definition) is 1. The number of hydrogen-bond donors (Lipinski definition) is 0. The minimum absolute atomic E-state index is 0.300. The zero-order valence-electron chi connectivity index (χ0n) is 20.3. The lowest BCUT2D eigenvalue weighted by atomic mass is 9.88. The van der Waals surface area contributed by atoms with E-state index in [9.17, 15) is 13.2 Å². The number of aryl methyl sites for hydroxylation is 1. The van der Waals surface area contributed by atoms with E-state index in [4.69, 9.17) is 23.2 Å². The van der Waals surface area contributed by atoms with Gasteiger partial charge in [-0.2, -0.15) is 24.9 Å². The van der Waals surface area contributed by atoms with Crippen LogP contribution in [0.4, 0.5) is 13.2 Å². The van der Waals surface area contributed by atoms with Gasteiger partial charge in [-0.3, -0.25) is 0 Å².